The average molecular weight is 475 g/mol. The van der Waals surface area contributed by atoms with Gasteiger partial charge in [0.2, 0.25) is 5.43 Å². The van der Waals surface area contributed by atoms with Gasteiger partial charge in [0.05, 0.1) is 23.5 Å². The van der Waals surface area contributed by atoms with Crippen molar-refractivity contribution in [2.75, 3.05) is 25.1 Å². The van der Waals surface area contributed by atoms with E-state index < -0.39 is 16.8 Å². The number of rotatable bonds is 5. The Labute approximate surface area is 196 Å². The highest BCUT2D eigenvalue weighted by Crippen LogP contribution is 2.42. The SMILES string of the molecule is CC.CCC1(CC)CN(c2cc3c(cc2F)c(=O)c2c(=O)[nH]sc2n3C2CC2)C/C1=N\OC. The van der Waals surface area contributed by atoms with Crippen LogP contribution in [0.15, 0.2) is 26.9 Å². The standard InChI is InChI=1S/C22H25FN4O3S.C2H6/c1-4-22(5-2)11-26(10-17(22)24-30-3)16-9-15-13(8-14(16)23)19(28)18-20(29)25-31-21(18)27(15)12-6-7-12;1-2/h8-9,12H,4-7,10-11H2,1-3H3,(H,25,29);1-2H3/b24-17+;. The molecular formula is C24H31FN4O3S. The lowest BCUT2D eigenvalue weighted by atomic mass is 9.80. The summed E-state index contributed by atoms with van der Waals surface area (Å²) in [5.74, 6) is -0.460. The molecule has 2 fully saturated rings. The van der Waals surface area contributed by atoms with E-state index in [1.54, 1.807) is 6.07 Å². The number of fused-ring (bicyclic) bond motifs is 2. The van der Waals surface area contributed by atoms with Gasteiger partial charge in [-0.15, -0.1) is 0 Å². The van der Waals surface area contributed by atoms with Crippen LogP contribution < -0.4 is 15.9 Å². The lowest BCUT2D eigenvalue weighted by Gasteiger charge is -2.27. The van der Waals surface area contributed by atoms with Gasteiger partial charge in [0.1, 0.15) is 23.1 Å². The van der Waals surface area contributed by atoms with Gasteiger partial charge in [-0.3, -0.25) is 14.0 Å². The van der Waals surface area contributed by atoms with E-state index in [-0.39, 0.29) is 22.2 Å². The summed E-state index contributed by atoms with van der Waals surface area (Å²) in [5.41, 5.74) is 1.07. The normalized spacial score (nSPS) is 18.7. The Balaban J connectivity index is 0.00000126. The topological polar surface area (TPSA) is 79.7 Å². The molecule has 0 unspecified atom stereocenters. The second-order valence-electron chi connectivity index (χ2n) is 8.53. The molecule has 1 aliphatic carbocycles. The van der Waals surface area contributed by atoms with E-state index in [0.717, 1.165) is 31.4 Å². The van der Waals surface area contributed by atoms with Gasteiger partial charge in [-0.2, -0.15) is 0 Å². The summed E-state index contributed by atoms with van der Waals surface area (Å²) < 4.78 is 20.1. The Hall–Kier alpha value is -2.68. The molecule has 1 N–H and O–H groups in total. The monoisotopic (exact) mass is 474 g/mol. The number of anilines is 1. The molecule has 5 rings (SSSR count). The van der Waals surface area contributed by atoms with Crippen molar-refractivity contribution in [1.29, 1.82) is 0 Å². The summed E-state index contributed by atoms with van der Waals surface area (Å²) in [7, 11) is 1.53. The Morgan fingerprint density at radius 3 is 2.55 bits per heavy atom. The van der Waals surface area contributed by atoms with Crippen LogP contribution in [0.2, 0.25) is 0 Å². The third-order valence-electron chi connectivity index (χ3n) is 6.95. The van der Waals surface area contributed by atoms with Gasteiger partial charge >= 0.3 is 0 Å². The van der Waals surface area contributed by atoms with E-state index in [2.05, 4.69) is 23.4 Å². The maximum absolute atomic E-state index is 15.4. The van der Waals surface area contributed by atoms with Gasteiger partial charge in [0, 0.05) is 23.4 Å². The number of halogens is 1. The fourth-order valence-electron chi connectivity index (χ4n) is 4.93. The van der Waals surface area contributed by atoms with Crippen LogP contribution in [-0.2, 0) is 4.84 Å². The second-order valence-corrected chi connectivity index (χ2v) is 9.32. The Kier molecular flexibility index (Phi) is 6.35. The van der Waals surface area contributed by atoms with E-state index in [1.165, 1.54) is 24.7 Å². The van der Waals surface area contributed by atoms with Crippen molar-refractivity contribution in [1.82, 2.24) is 8.94 Å². The summed E-state index contributed by atoms with van der Waals surface area (Å²) in [5, 5.41) is 4.64. The van der Waals surface area contributed by atoms with Gasteiger partial charge in [-0.1, -0.05) is 32.9 Å². The van der Waals surface area contributed by atoms with Crippen LogP contribution in [0.4, 0.5) is 10.1 Å². The summed E-state index contributed by atoms with van der Waals surface area (Å²) in [6.07, 6.45) is 3.72. The van der Waals surface area contributed by atoms with Gasteiger partial charge < -0.3 is 14.3 Å². The van der Waals surface area contributed by atoms with Crippen molar-refractivity contribution in [3.05, 3.63) is 38.5 Å². The van der Waals surface area contributed by atoms with Crippen molar-refractivity contribution in [2.45, 2.75) is 59.4 Å². The molecule has 1 aromatic carbocycles. The minimum Gasteiger partial charge on any atom is -0.399 e. The third-order valence-corrected chi connectivity index (χ3v) is 7.83. The van der Waals surface area contributed by atoms with Gasteiger partial charge in [0.25, 0.3) is 5.56 Å². The van der Waals surface area contributed by atoms with E-state index in [1.807, 2.05) is 23.3 Å². The van der Waals surface area contributed by atoms with Crippen LogP contribution in [0.5, 0.6) is 0 Å². The Morgan fingerprint density at radius 1 is 1.24 bits per heavy atom. The zero-order chi connectivity index (χ0) is 23.9. The molecule has 178 valence electrons. The molecule has 0 bridgehead atoms. The molecule has 3 aromatic rings. The van der Waals surface area contributed by atoms with Crippen LogP contribution >= 0.6 is 11.5 Å². The van der Waals surface area contributed by atoms with Crippen molar-refractivity contribution < 1.29 is 9.23 Å². The molecule has 7 nitrogen and oxygen atoms in total. The minimum absolute atomic E-state index is 0.128. The van der Waals surface area contributed by atoms with Crippen LogP contribution in [0.3, 0.4) is 0 Å². The molecule has 9 heteroatoms. The summed E-state index contributed by atoms with van der Waals surface area (Å²) in [6, 6.07) is 3.30. The van der Waals surface area contributed by atoms with Crippen molar-refractivity contribution in [3.63, 3.8) is 0 Å². The number of nitrogens with one attached hydrogen (secondary N) is 1. The van der Waals surface area contributed by atoms with Crippen molar-refractivity contribution in [3.8, 4) is 0 Å². The maximum atomic E-state index is 15.4. The molecule has 1 aliphatic heterocycles. The molecule has 0 spiro atoms. The summed E-state index contributed by atoms with van der Waals surface area (Å²) >= 11 is 1.18. The number of oxime groups is 1. The van der Waals surface area contributed by atoms with Crippen molar-refractivity contribution >= 4 is 44.1 Å². The first-order valence-electron chi connectivity index (χ1n) is 11.7. The van der Waals surface area contributed by atoms with Crippen LogP contribution in [0.25, 0.3) is 21.1 Å². The summed E-state index contributed by atoms with van der Waals surface area (Å²) in [4.78, 5) is 33.0. The number of nitrogens with zero attached hydrogens (tertiary/aromatic N) is 3. The maximum Gasteiger partial charge on any atom is 0.271 e. The molecule has 0 amide bonds. The number of H-pyrrole nitrogens is 1. The second kappa shape index (κ2) is 8.93. The van der Waals surface area contributed by atoms with E-state index in [4.69, 9.17) is 4.84 Å². The molecule has 1 saturated heterocycles. The number of aromatic amines is 1. The van der Waals surface area contributed by atoms with Gasteiger partial charge in [-0.25, -0.2) is 4.39 Å². The molecule has 2 aliphatic rings. The third kappa shape index (κ3) is 3.66. The zero-order valence-corrected chi connectivity index (χ0v) is 20.6. The van der Waals surface area contributed by atoms with Gasteiger partial charge in [-0.05, 0) is 49.3 Å². The van der Waals surface area contributed by atoms with Crippen LogP contribution in [-0.4, -0.2) is 34.9 Å². The number of aromatic nitrogens is 2. The smallest absolute Gasteiger partial charge is 0.271 e. The number of hydrogen-bond donors (Lipinski definition) is 1. The molecule has 0 radical (unpaired) electrons. The molecule has 1 saturated carbocycles. The van der Waals surface area contributed by atoms with E-state index in [0.29, 0.717) is 29.1 Å². The molecule has 3 heterocycles. The van der Waals surface area contributed by atoms with Crippen molar-refractivity contribution in [2.24, 2.45) is 10.6 Å². The quantitative estimate of drug-likeness (QED) is 0.526. The first-order chi connectivity index (χ1) is 15.9. The molecular weight excluding hydrogens is 443 g/mol. The highest BCUT2D eigenvalue weighted by Gasteiger charge is 2.43. The Bertz CT molecular complexity index is 1330. The molecule has 2 aromatic heterocycles. The van der Waals surface area contributed by atoms with E-state index in [9.17, 15) is 9.59 Å². The first-order valence-corrected chi connectivity index (χ1v) is 12.5. The van der Waals surface area contributed by atoms with E-state index >= 15 is 4.39 Å². The van der Waals surface area contributed by atoms with Crippen LogP contribution in [0.1, 0.15) is 59.4 Å². The number of pyridine rings is 1. The average Bonchev–Trinajstić information content (AvgIpc) is 3.49. The molecule has 33 heavy (non-hydrogen) atoms. The lowest BCUT2D eigenvalue weighted by molar-refractivity contribution is 0.207. The fourth-order valence-corrected chi connectivity index (χ4v) is 5.85. The predicted octanol–water partition coefficient (Wildman–Crippen LogP) is 5.03. The number of hydrogen-bond acceptors (Lipinski definition) is 6. The highest BCUT2D eigenvalue weighted by atomic mass is 32.1. The summed E-state index contributed by atoms with van der Waals surface area (Å²) in [6.45, 7) is 9.35. The predicted molar refractivity (Wildman–Crippen MR) is 133 cm³/mol. The Morgan fingerprint density at radius 2 is 1.94 bits per heavy atom. The fraction of sp³-hybridized carbons (Fsp3) is 0.542. The lowest BCUT2D eigenvalue weighted by Crippen LogP contribution is -2.30. The first kappa shape index (κ1) is 23.5. The highest BCUT2D eigenvalue weighted by molar-refractivity contribution is 7.12. The van der Waals surface area contributed by atoms with Crippen LogP contribution in [0, 0.1) is 11.2 Å². The molecule has 0 atom stereocenters. The minimum atomic E-state index is -0.460. The number of benzene rings is 1. The van der Waals surface area contributed by atoms with Gasteiger partial charge in [0.15, 0.2) is 0 Å². The zero-order valence-electron chi connectivity index (χ0n) is 19.8. The largest absolute Gasteiger partial charge is 0.399 e.